The van der Waals surface area contributed by atoms with Crippen molar-refractivity contribution in [1.29, 1.82) is 0 Å². The van der Waals surface area contributed by atoms with Gasteiger partial charge in [0.05, 0.1) is 6.20 Å². The summed E-state index contributed by atoms with van der Waals surface area (Å²) in [6, 6.07) is 9.55. The first-order valence-corrected chi connectivity index (χ1v) is 6.04. The van der Waals surface area contributed by atoms with Crippen LogP contribution < -0.4 is 10.5 Å². The molecule has 0 atom stereocenters. The van der Waals surface area contributed by atoms with Gasteiger partial charge in [-0.2, -0.15) is 10.1 Å². The molecular weight excluding hydrogens is 240 g/mol. The fourth-order valence-corrected chi connectivity index (χ4v) is 1.85. The molecule has 0 fully saturated rings. The van der Waals surface area contributed by atoms with Gasteiger partial charge in [-0.05, 0) is 24.1 Å². The summed E-state index contributed by atoms with van der Waals surface area (Å²) in [4.78, 5) is 4.37. The lowest BCUT2D eigenvalue weighted by atomic mass is 10.1. The minimum Gasteiger partial charge on any atom is -0.439 e. The van der Waals surface area contributed by atoms with Crippen molar-refractivity contribution < 1.29 is 4.74 Å². The van der Waals surface area contributed by atoms with Gasteiger partial charge in [-0.25, -0.2) is 4.52 Å². The van der Waals surface area contributed by atoms with Crippen LogP contribution in [-0.4, -0.2) is 14.6 Å². The van der Waals surface area contributed by atoms with E-state index in [-0.39, 0.29) is 0 Å². The van der Waals surface area contributed by atoms with Crippen LogP contribution in [0.1, 0.15) is 11.1 Å². The van der Waals surface area contributed by atoms with E-state index in [0.29, 0.717) is 12.4 Å². The van der Waals surface area contributed by atoms with E-state index < -0.39 is 0 Å². The molecule has 5 heteroatoms. The van der Waals surface area contributed by atoms with Crippen LogP contribution in [0.5, 0.6) is 11.6 Å². The highest BCUT2D eigenvalue weighted by Crippen LogP contribution is 2.25. The molecule has 19 heavy (non-hydrogen) atoms. The van der Waals surface area contributed by atoms with Gasteiger partial charge in [-0.15, -0.1) is 0 Å². The molecule has 0 saturated heterocycles. The second kappa shape index (κ2) is 4.70. The third kappa shape index (κ3) is 2.28. The van der Waals surface area contributed by atoms with Gasteiger partial charge in [-0.1, -0.05) is 12.1 Å². The molecule has 0 amide bonds. The third-order valence-electron chi connectivity index (χ3n) is 2.94. The number of rotatable bonds is 3. The predicted molar refractivity (Wildman–Crippen MR) is 72.1 cm³/mol. The molecule has 0 unspecified atom stereocenters. The molecule has 0 bridgehead atoms. The summed E-state index contributed by atoms with van der Waals surface area (Å²) in [7, 11) is 0. The Labute approximate surface area is 110 Å². The maximum Gasteiger partial charge on any atom is 0.222 e. The van der Waals surface area contributed by atoms with Crippen molar-refractivity contribution in [2.75, 3.05) is 0 Å². The number of aromatic nitrogens is 3. The van der Waals surface area contributed by atoms with Crippen LogP contribution in [0.15, 0.2) is 42.7 Å². The molecule has 0 aliphatic heterocycles. The molecule has 96 valence electrons. The standard InChI is InChI=1S/C14H14N4O/c1-10-2-3-11(9-15)8-12(10)19-14-5-7-18-13(17-14)4-6-16-18/h2-8H,9,15H2,1H3. The zero-order valence-electron chi connectivity index (χ0n) is 10.6. The molecule has 2 heterocycles. The topological polar surface area (TPSA) is 65.4 Å². The van der Waals surface area contributed by atoms with Crippen molar-refractivity contribution in [2.24, 2.45) is 5.73 Å². The van der Waals surface area contributed by atoms with Gasteiger partial charge in [0.25, 0.3) is 0 Å². The lowest BCUT2D eigenvalue weighted by molar-refractivity contribution is 0.459. The molecular formula is C14H14N4O. The average molecular weight is 254 g/mol. The number of hydrogen-bond acceptors (Lipinski definition) is 4. The Balaban J connectivity index is 1.95. The Kier molecular flexibility index (Phi) is 2.89. The summed E-state index contributed by atoms with van der Waals surface area (Å²) in [5.41, 5.74) is 8.48. The zero-order chi connectivity index (χ0) is 13.2. The van der Waals surface area contributed by atoms with Crippen LogP contribution in [0.2, 0.25) is 0 Å². The monoisotopic (exact) mass is 254 g/mol. The first-order chi connectivity index (χ1) is 9.26. The van der Waals surface area contributed by atoms with Crippen LogP contribution >= 0.6 is 0 Å². The maximum absolute atomic E-state index is 5.82. The number of ether oxygens (including phenoxy) is 1. The summed E-state index contributed by atoms with van der Waals surface area (Å²) in [6.07, 6.45) is 3.52. The van der Waals surface area contributed by atoms with Crippen LogP contribution in [0.25, 0.3) is 5.65 Å². The number of nitrogens with two attached hydrogens (primary N) is 1. The predicted octanol–water partition coefficient (Wildman–Crippen LogP) is 2.29. The lowest BCUT2D eigenvalue weighted by Crippen LogP contribution is -1.98. The van der Waals surface area contributed by atoms with Crippen molar-refractivity contribution in [3.63, 3.8) is 0 Å². The fourth-order valence-electron chi connectivity index (χ4n) is 1.85. The summed E-state index contributed by atoms with van der Waals surface area (Å²) in [5, 5.41) is 4.09. The minimum absolute atomic E-state index is 0.492. The molecule has 5 nitrogen and oxygen atoms in total. The van der Waals surface area contributed by atoms with Gasteiger partial charge in [0.2, 0.25) is 5.88 Å². The van der Waals surface area contributed by atoms with E-state index in [9.17, 15) is 0 Å². The van der Waals surface area contributed by atoms with E-state index in [2.05, 4.69) is 10.1 Å². The van der Waals surface area contributed by atoms with Crippen molar-refractivity contribution in [1.82, 2.24) is 14.6 Å². The van der Waals surface area contributed by atoms with Crippen LogP contribution in [0.3, 0.4) is 0 Å². The molecule has 1 aromatic carbocycles. The van der Waals surface area contributed by atoms with E-state index in [1.54, 1.807) is 16.8 Å². The number of aryl methyl sites for hydroxylation is 1. The number of nitrogens with zero attached hydrogens (tertiary/aromatic N) is 3. The van der Waals surface area contributed by atoms with Crippen molar-refractivity contribution in [3.05, 3.63) is 53.9 Å². The van der Waals surface area contributed by atoms with Crippen molar-refractivity contribution in [3.8, 4) is 11.6 Å². The summed E-state index contributed by atoms with van der Waals surface area (Å²) >= 11 is 0. The maximum atomic E-state index is 5.82. The molecule has 0 aliphatic rings. The Morgan fingerprint density at radius 3 is 3.00 bits per heavy atom. The average Bonchev–Trinajstić information content (AvgIpc) is 2.89. The highest BCUT2D eigenvalue weighted by molar-refractivity contribution is 5.42. The van der Waals surface area contributed by atoms with Crippen LogP contribution in [0.4, 0.5) is 0 Å². The van der Waals surface area contributed by atoms with Gasteiger partial charge >= 0.3 is 0 Å². The van der Waals surface area contributed by atoms with Gasteiger partial charge in [0.15, 0.2) is 5.65 Å². The van der Waals surface area contributed by atoms with E-state index >= 15 is 0 Å². The summed E-state index contributed by atoms with van der Waals surface area (Å²) in [5.74, 6) is 1.32. The number of hydrogen-bond donors (Lipinski definition) is 1. The molecule has 0 saturated carbocycles. The summed E-state index contributed by atoms with van der Waals surface area (Å²) < 4.78 is 7.51. The minimum atomic E-state index is 0.492. The van der Waals surface area contributed by atoms with E-state index in [0.717, 1.165) is 22.5 Å². The van der Waals surface area contributed by atoms with Gasteiger partial charge < -0.3 is 10.5 Å². The molecule has 2 aromatic heterocycles. The Hall–Kier alpha value is -2.40. The largest absolute Gasteiger partial charge is 0.439 e. The Morgan fingerprint density at radius 2 is 2.16 bits per heavy atom. The quantitative estimate of drug-likeness (QED) is 0.778. The fraction of sp³-hybridized carbons (Fsp3) is 0.143. The lowest BCUT2D eigenvalue weighted by Gasteiger charge is -2.09. The Bertz CT molecular complexity index is 720. The Morgan fingerprint density at radius 1 is 1.26 bits per heavy atom. The van der Waals surface area contributed by atoms with Crippen LogP contribution in [0, 0.1) is 6.92 Å². The summed E-state index contributed by atoms with van der Waals surface area (Å²) in [6.45, 7) is 2.48. The van der Waals surface area contributed by atoms with Gasteiger partial charge in [0.1, 0.15) is 5.75 Å². The van der Waals surface area contributed by atoms with Crippen molar-refractivity contribution >= 4 is 5.65 Å². The van der Waals surface area contributed by atoms with Gasteiger partial charge in [-0.3, -0.25) is 0 Å². The van der Waals surface area contributed by atoms with E-state index in [1.165, 1.54) is 0 Å². The highest BCUT2D eigenvalue weighted by Gasteiger charge is 2.05. The zero-order valence-corrected chi connectivity index (χ0v) is 10.6. The molecule has 0 spiro atoms. The smallest absolute Gasteiger partial charge is 0.222 e. The first kappa shape index (κ1) is 11.7. The normalized spacial score (nSPS) is 10.8. The third-order valence-corrected chi connectivity index (χ3v) is 2.94. The van der Waals surface area contributed by atoms with Crippen LogP contribution in [-0.2, 0) is 6.54 Å². The molecule has 0 aliphatic carbocycles. The molecule has 3 rings (SSSR count). The van der Waals surface area contributed by atoms with E-state index in [4.69, 9.17) is 10.5 Å². The highest BCUT2D eigenvalue weighted by atomic mass is 16.5. The number of benzene rings is 1. The SMILES string of the molecule is Cc1ccc(CN)cc1Oc1ccn2nccc2n1. The molecule has 0 radical (unpaired) electrons. The van der Waals surface area contributed by atoms with E-state index in [1.807, 2.05) is 37.4 Å². The first-order valence-electron chi connectivity index (χ1n) is 6.04. The number of fused-ring (bicyclic) bond motifs is 1. The molecule has 2 N–H and O–H groups in total. The van der Waals surface area contributed by atoms with Gasteiger partial charge in [0, 0.05) is 24.9 Å². The van der Waals surface area contributed by atoms with Crippen molar-refractivity contribution in [2.45, 2.75) is 13.5 Å². The molecule has 3 aromatic rings. The second-order valence-electron chi connectivity index (χ2n) is 4.31. The second-order valence-corrected chi connectivity index (χ2v) is 4.31.